The minimum absolute atomic E-state index is 0.186. The summed E-state index contributed by atoms with van der Waals surface area (Å²) < 4.78 is 0. The molecule has 1 aliphatic carbocycles. The van der Waals surface area contributed by atoms with Gasteiger partial charge in [0.25, 0.3) is 0 Å². The minimum Gasteiger partial charge on any atom is -0.395 e. The third-order valence-corrected chi connectivity index (χ3v) is 5.00. The van der Waals surface area contributed by atoms with Gasteiger partial charge >= 0.3 is 0 Å². The Balaban J connectivity index is 1.77. The number of hydrogen-bond acceptors (Lipinski definition) is 5. The van der Waals surface area contributed by atoms with Crippen molar-refractivity contribution in [3.63, 3.8) is 0 Å². The van der Waals surface area contributed by atoms with E-state index in [4.69, 9.17) is 0 Å². The average Bonchev–Trinajstić information content (AvgIpc) is 2.46. The lowest BCUT2D eigenvalue weighted by Gasteiger charge is -2.43. The molecule has 1 saturated carbocycles. The molecule has 2 fully saturated rings. The molecule has 5 heteroatoms. The Morgan fingerprint density at radius 3 is 2.30 bits per heavy atom. The molecular formula is C15H29NO4. The molecule has 0 radical (unpaired) electrons. The smallest absolute Gasteiger partial charge is 0.109 e. The molecular weight excluding hydrogens is 258 g/mol. The van der Waals surface area contributed by atoms with Crippen LogP contribution in [0.4, 0.5) is 0 Å². The Hall–Kier alpha value is -0.200. The van der Waals surface area contributed by atoms with Gasteiger partial charge in [0.1, 0.15) is 12.2 Å². The highest BCUT2D eigenvalue weighted by molar-refractivity contribution is 4.94. The summed E-state index contributed by atoms with van der Waals surface area (Å²) in [4.78, 5) is 1.92. The molecule has 0 aromatic heterocycles. The van der Waals surface area contributed by atoms with Crippen molar-refractivity contribution in [2.45, 2.75) is 69.3 Å². The summed E-state index contributed by atoms with van der Waals surface area (Å²) in [6, 6.07) is -0.459. The summed E-state index contributed by atoms with van der Waals surface area (Å²) in [7, 11) is 0. The maximum absolute atomic E-state index is 9.91. The van der Waals surface area contributed by atoms with Gasteiger partial charge in [-0.15, -0.1) is 0 Å². The fourth-order valence-electron chi connectivity index (χ4n) is 3.69. The van der Waals surface area contributed by atoms with E-state index in [-0.39, 0.29) is 6.61 Å². The molecule has 4 atom stereocenters. The molecule has 1 aliphatic heterocycles. The van der Waals surface area contributed by atoms with E-state index in [2.05, 4.69) is 0 Å². The van der Waals surface area contributed by atoms with Gasteiger partial charge in [-0.2, -0.15) is 0 Å². The Labute approximate surface area is 121 Å². The molecule has 118 valence electrons. The monoisotopic (exact) mass is 287 g/mol. The van der Waals surface area contributed by atoms with Crippen LogP contribution in [0.1, 0.15) is 44.9 Å². The number of β-amino-alcohol motifs (C(OH)–C–C–N with tert-alkyl or cyclic N) is 1. The van der Waals surface area contributed by atoms with Crippen LogP contribution in [0.25, 0.3) is 0 Å². The van der Waals surface area contributed by atoms with Gasteiger partial charge in [-0.25, -0.2) is 0 Å². The number of nitrogens with zero attached hydrogens (tertiary/aromatic N) is 1. The van der Waals surface area contributed by atoms with E-state index in [1.54, 1.807) is 0 Å². The number of aliphatic hydroxyl groups is 4. The lowest BCUT2D eigenvalue weighted by molar-refractivity contribution is -0.145. The molecule has 4 N–H and O–H groups in total. The second-order valence-corrected chi connectivity index (χ2v) is 6.44. The predicted molar refractivity (Wildman–Crippen MR) is 76.3 cm³/mol. The molecule has 2 unspecified atom stereocenters. The first kappa shape index (κ1) is 16.2. The van der Waals surface area contributed by atoms with E-state index in [9.17, 15) is 20.4 Å². The quantitative estimate of drug-likeness (QED) is 0.577. The zero-order chi connectivity index (χ0) is 14.5. The summed E-state index contributed by atoms with van der Waals surface area (Å²) in [6.07, 6.45) is 5.77. The first-order valence-corrected chi connectivity index (χ1v) is 8.02. The van der Waals surface area contributed by atoms with Crippen LogP contribution in [0, 0.1) is 5.92 Å². The molecule has 1 heterocycles. The summed E-state index contributed by atoms with van der Waals surface area (Å²) in [5.41, 5.74) is 0. The Morgan fingerprint density at radius 1 is 0.950 bits per heavy atom. The van der Waals surface area contributed by atoms with Gasteiger partial charge in [-0.3, -0.25) is 4.90 Å². The van der Waals surface area contributed by atoms with E-state index in [1.165, 1.54) is 38.5 Å². The number of hydrogen-bond donors (Lipinski definition) is 4. The van der Waals surface area contributed by atoms with Gasteiger partial charge in [0.05, 0.1) is 18.8 Å². The maximum Gasteiger partial charge on any atom is 0.109 e. The summed E-state index contributed by atoms with van der Waals surface area (Å²) >= 11 is 0. The van der Waals surface area contributed by atoms with Gasteiger partial charge in [0.15, 0.2) is 0 Å². The van der Waals surface area contributed by atoms with Crippen LogP contribution in [0.15, 0.2) is 0 Å². The second kappa shape index (κ2) is 7.71. The molecule has 20 heavy (non-hydrogen) atoms. The minimum atomic E-state index is -1.15. The lowest BCUT2D eigenvalue weighted by atomic mass is 9.86. The standard InChI is InChI=1S/C15H29NO4/c17-10-12-14(19)15(20)13(18)9-16(12)8-4-7-11-5-2-1-3-6-11/h11-15,17-20H,1-10H2/t12?,13?,14-,15-/m1/s1. The largest absolute Gasteiger partial charge is 0.395 e. The fraction of sp³-hybridized carbons (Fsp3) is 1.00. The van der Waals surface area contributed by atoms with Crippen molar-refractivity contribution in [2.24, 2.45) is 5.92 Å². The summed E-state index contributed by atoms with van der Waals surface area (Å²) in [6.45, 7) is 0.908. The Bertz CT molecular complexity index is 283. The molecule has 5 nitrogen and oxygen atoms in total. The van der Waals surface area contributed by atoms with Crippen LogP contribution >= 0.6 is 0 Å². The van der Waals surface area contributed by atoms with Crippen LogP contribution in [0.5, 0.6) is 0 Å². The van der Waals surface area contributed by atoms with Crippen molar-refractivity contribution in [2.75, 3.05) is 19.7 Å². The zero-order valence-corrected chi connectivity index (χ0v) is 12.2. The lowest BCUT2D eigenvalue weighted by Crippen LogP contribution is -2.62. The van der Waals surface area contributed by atoms with Crippen molar-refractivity contribution in [3.8, 4) is 0 Å². The van der Waals surface area contributed by atoms with Gasteiger partial charge in [0, 0.05) is 6.54 Å². The zero-order valence-electron chi connectivity index (χ0n) is 12.2. The predicted octanol–water partition coefficient (Wildman–Crippen LogP) is 0.106. The van der Waals surface area contributed by atoms with Gasteiger partial charge in [0.2, 0.25) is 0 Å². The summed E-state index contributed by atoms with van der Waals surface area (Å²) in [5.74, 6) is 0.821. The molecule has 2 rings (SSSR count). The SMILES string of the molecule is OCC1[C@@H](O)[C@H](O)C(O)CN1CCCC1CCCCC1. The van der Waals surface area contributed by atoms with Crippen LogP contribution < -0.4 is 0 Å². The average molecular weight is 287 g/mol. The topological polar surface area (TPSA) is 84.2 Å². The Kier molecular flexibility index (Phi) is 6.23. The third-order valence-electron chi connectivity index (χ3n) is 5.00. The maximum atomic E-state index is 9.91. The highest BCUT2D eigenvalue weighted by atomic mass is 16.4. The van der Waals surface area contributed by atoms with E-state index in [1.807, 2.05) is 4.90 Å². The highest BCUT2D eigenvalue weighted by Crippen LogP contribution is 2.28. The van der Waals surface area contributed by atoms with E-state index >= 15 is 0 Å². The van der Waals surface area contributed by atoms with Crippen molar-refractivity contribution in [1.82, 2.24) is 4.90 Å². The molecule has 0 bridgehead atoms. The molecule has 0 aromatic rings. The van der Waals surface area contributed by atoms with E-state index in [0.29, 0.717) is 6.54 Å². The van der Waals surface area contributed by atoms with E-state index < -0.39 is 24.4 Å². The third kappa shape index (κ3) is 3.92. The van der Waals surface area contributed by atoms with Crippen LogP contribution in [0.3, 0.4) is 0 Å². The van der Waals surface area contributed by atoms with Crippen molar-refractivity contribution in [3.05, 3.63) is 0 Å². The van der Waals surface area contributed by atoms with Crippen LogP contribution in [-0.4, -0.2) is 69.4 Å². The van der Waals surface area contributed by atoms with Crippen molar-refractivity contribution < 1.29 is 20.4 Å². The van der Waals surface area contributed by atoms with Gasteiger partial charge in [-0.1, -0.05) is 32.1 Å². The van der Waals surface area contributed by atoms with Crippen LogP contribution in [-0.2, 0) is 0 Å². The molecule has 2 aliphatic rings. The summed E-state index contributed by atoms with van der Waals surface area (Å²) in [5, 5.41) is 38.7. The first-order chi connectivity index (χ1) is 9.63. The molecule has 1 saturated heterocycles. The fourth-order valence-corrected chi connectivity index (χ4v) is 3.69. The van der Waals surface area contributed by atoms with Gasteiger partial charge in [-0.05, 0) is 25.3 Å². The molecule has 0 amide bonds. The number of piperidine rings is 1. The molecule has 0 spiro atoms. The molecule has 0 aromatic carbocycles. The van der Waals surface area contributed by atoms with E-state index in [0.717, 1.165) is 18.9 Å². The second-order valence-electron chi connectivity index (χ2n) is 6.44. The van der Waals surface area contributed by atoms with Crippen molar-refractivity contribution in [1.29, 1.82) is 0 Å². The Morgan fingerprint density at radius 2 is 1.65 bits per heavy atom. The number of likely N-dealkylation sites (tertiary alicyclic amines) is 1. The highest BCUT2D eigenvalue weighted by Gasteiger charge is 2.40. The number of rotatable bonds is 5. The normalized spacial score (nSPS) is 37.2. The van der Waals surface area contributed by atoms with Crippen molar-refractivity contribution >= 4 is 0 Å². The van der Waals surface area contributed by atoms with Crippen LogP contribution in [0.2, 0.25) is 0 Å². The van der Waals surface area contributed by atoms with Gasteiger partial charge < -0.3 is 20.4 Å². The first-order valence-electron chi connectivity index (χ1n) is 8.02. The number of aliphatic hydroxyl groups excluding tert-OH is 4.